The molecule has 1 aliphatic rings. The first kappa shape index (κ1) is 20.8. The summed E-state index contributed by atoms with van der Waals surface area (Å²) in [6.45, 7) is 1.11. The molecule has 3 rings (SSSR count). The Hall–Kier alpha value is -2.88. The van der Waals surface area contributed by atoms with E-state index < -0.39 is 26.1 Å². The Morgan fingerprint density at radius 2 is 1.79 bits per heavy atom. The van der Waals surface area contributed by atoms with Crippen molar-refractivity contribution >= 4 is 27.3 Å². The van der Waals surface area contributed by atoms with Gasteiger partial charge in [-0.15, -0.1) is 0 Å². The number of sulfone groups is 1. The van der Waals surface area contributed by atoms with Crippen LogP contribution in [0.5, 0.6) is 0 Å². The number of hydrogen-bond acceptors (Lipinski definition) is 4. The van der Waals surface area contributed by atoms with E-state index in [1.807, 2.05) is 6.07 Å². The molecule has 154 valence electrons. The van der Waals surface area contributed by atoms with E-state index in [1.165, 1.54) is 0 Å². The smallest absolute Gasteiger partial charge is 0.338 e. The van der Waals surface area contributed by atoms with Crippen molar-refractivity contribution in [2.24, 2.45) is 0 Å². The quantitative estimate of drug-likeness (QED) is 0.795. The Morgan fingerprint density at radius 3 is 2.38 bits per heavy atom. The van der Waals surface area contributed by atoms with E-state index in [9.17, 15) is 31.2 Å². The van der Waals surface area contributed by atoms with Gasteiger partial charge >= 0.3 is 5.51 Å². The van der Waals surface area contributed by atoms with E-state index in [4.69, 9.17) is 0 Å². The van der Waals surface area contributed by atoms with Crippen LogP contribution in [-0.2, 0) is 21.2 Å². The molecule has 0 atom stereocenters. The van der Waals surface area contributed by atoms with Crippen molar-refractivity contribution in [1.82, 2.24) is 4.90 Å². The molecule has 0 unspecified atom stereocenters. The lowest BCUT2D eigenvalue weighted by atomic mass is 10.1. The van der Waals surface area contributed by atoms with Gasteiger partial charge < -0.3 is 10.2 Å². The van der Waals surface area contributed by atoms with Crippen molar-refractivity contribution in [3.8, 4) is 0 Å². The predicted molar refractivity (Wildman–Crippen MR) is 98.7 cm³/mol. The average Bonchev–Trinajstić information content (AvgIpc) is 3.06. The zero-order valence-electron chi connectivity index (χ0n) is 15.1. The molecule has 1 N–H and O–H groups in total. The molecule has 29 heavy (non-hydrogen) atoms. The summed E-state index contributed by atoms with van der Waals surface area (Å²) in [4.78, 5) is 24.9. The number of benzene rings is 2. The van der Waals surface area contributed by atoms with Crippen LogP contribution in [0.2, 0.25) is 0 Å². The molecule has 0 aromatic heterocycles. The van der Waals surface area contributed by atoms with E-state index in [-0.39, 0.29) is 11.5 Å². The molecule has 2 aromatic carbocycles. The number of amides is 2. The van der Waals surface area contributed by atoms with Crippen LogP contribution >= 0.6 is 0 Å². The fraction of sp³-hybridized carbons (Fsp3) is 0.263. The van der Waals surface area contributed by atoms with Crippen LogP contribution in [0.1, 0.15) is 28.8 Å². The largest absolute Gasteiger partial charge is 0.501 e. The van der Waals surface area contributed by atoms with E-state index in [1.54, 1.807) is 23.1 Å². The molecule has 0 aliphatic carbocycles. The summed E-state index contributed by atoms with van der Waals surface area (Å²) >= 11 is 0. The highest BCUT2D eigenvalue weighted by Gasteiger charge is 2.46. The fourth-order valence-corrected chi connectivity index (χ4v) is 3.72. The molecule has 1 saturated heterocycles. The molecule has 10 heteroatoms. The van der Waals surface area contributed by atoms with Gasteiger partial charge in [0, 0.05) is 30.8 Å². The lowest BCUT2D eigenvalue weighted by molar-refractivity contribution is -0.128. The number of anilines is 1. The average molecular weight is 426 g/mol. The highest BCUT2D eigenvalue weighted by Crippen LogP contribution is 2.30. The second-order valence-electron chi connectivity index (χ2n) is 6.55. The predicted octanol–water partition coefficient (Wildman–Crippen LogP) is 3.35. The molecule has 1 fully saturated rings. The Kier molecular flexibility index (Phi) is 5.65. The van der Waals surface area contributed by atoms with Crippen molar-refractivity contribution in [2.45, 2.75) is 29.8 Å². The Balaban J connectivity index is 1.70. The van der Waals surface area contributed by atoms with Crippen molar-refractivity contribution < 1.29 is 31.2 Å². The molecule has 0 spiro atoms. The van der Waals surface area contributed by atoms with Crippen LogP contribution < -0.4 is 5.32 Å². The minimum Gasteiger partial charge on any atom is -0.338 e. The van der Waals surface area contributed by atoms with Crippen molar-refractivity contribution in [3.63, 3.8) is 0 Å². The Labute approximate surface area is 165 Å². The Morgan fingerprint density at radius 1 is 1.10 bits per heavy atom. The minimum atomic E-state index is -5.46. The lowest BCUT2D eigenvalue weighted by Crippen LogP contribution is -2.24. The SMILES string of the molecule is O=C(Nc1cccc(CN2CCCC2=O)c1)c1ccc(S(=O)(=O)C(F)(F)F)cc1. The monoisotopic (exact) mass is 426 g/mol. The summed E-state index contributed by atoms with van der Waals surface area (Å²) in [5.41, 5.74) is -4.13. The molecular formula is C19H17F3N2O4S. The summed E-state index contributed by atoms with van der Waals surface area (Å²) < 4.78 is 60.5. The number of rotatable bonds is 5. The van der Waals surface area contributed by atoms with Crippen LogP contribution in [0.15, 0.2) is 53.4 Å². The van der Waals surface area contributed by atoms with E-state index in [2.05, 4.69) is 5.32 Å². The first-order chi connectivity index (χ1) is 13.6. The van der Waals surface area contributed by atoms with Gasteiger partial charge in [0.25, 0.3) is 15.7 Å². The molecular weight excluding hydrogens is 409 g/mol. The van der Waals surface area contributed by atoms with Gasteiger partial charge in [0.1, 0.15) is 0 Å². The van der Waals surface area contributed by atoms with Crippen LogP contribution in [0.25, 0.3) is 0 Å². The van der Waals surface area contributed by atoms with E-state index >= 15 is 0 Å². The van der Waals surface area contributed by atoms with Gasteiger partial charge in [0.15, 0.2) is 0 Å². The Bertz CT molecular complexity index is 1030. The number of likely N-dealkylation sites (tertiary alicyclic amines) is 1. The maximum atomic E-state index is 12.6. The summed E-state index contributed by atoms with van der Waals surface area (Å²) in [6.07, 6.45) is 1.34. The summed E-state index contributed by atoms with van der Waals surface area (Å²) in [5, 5.41) is 2.61. The molecule has 0 radical (unpaired) electrons. The van der Waals surface area contributed by atoms with Crippen LogP contribution in [-0.4, -0.2) is 37.2 Å². The number of alkyl halides is 3. The maximum Gasteiger partial charge on any atom is 0.501 e. The maximum absolute atomic E-state index is 12.6. The summed E-state index contributed by atoms with van der Waals surface area (Å²) in [5.74, 6) is -0.524. The lowest BCUT2D eigenvalue weighted by Gasteiger charge is -2.16. The van der Waals surface area contributed by atoms with Crippen LogP contribution in [0.4, 0.5) is 18.9 Å². The van der Waals surface area contributed by atoms with Gasteiger partial charge in [0.2, 0.25) is 5.91 Å². The van der Waals surface area contributed by atoms with Gasteiger partial charge in [-0.1, -0.05) is 12.1 Å². The molecule has 0 saturated carbocycles. The molecule has 2 amide bonds. The van der Waals surface area contributed by atoms with E-state index in [0.29, 0.717) is 25.2 Å². The third-order valence-corrected chi connectivity index (χ3v) is 5.96. The van der Waals surface area contributed by atoms with E-state index in [0.717, 1.165) is 36.2 Å². The minimum absolute atomic E-state index is 0.00579. The number of nitrogens with one attached hydrogen (secondary N) is 1. The van der Waals surface area contributed by atoms with Crippen LogP contribution in [0.3, 0.4) is 0 Å². The number of hydrogen-bond donors (Lipinski definition) is 1. The zero-order valence-corrected chi connectivity index (χ0v) is 15.9. The highest BCUT2D eigenvalue weighted by molar-refractivity contribution is 7.92. The molecule has 1 heterocycles. The second-order valence-corrected chi connectivity index (χ2v) is 8.49. The van der Waals surface area contributed by atoms with Gasteiger partial charge in [-0.3, -0.25) is 9.59 Å². The van der Waals surface area contributed by atoms with Gasteiger partial charge in [-0.05, 0) is 48.4 Å². The first-order valence-electron chi connectivity index (χ1n) is 8.67. The number of carbonyl (C=O) groups is 2. The van der Waals surface area contributed by atoms with Crippen molar-refractivity contribution in [1.29, 1.82) is 0 Å². The second kappa shape index (κ2) is 7.86. The molecule has 6 nitrogen and oxygen atoms in total. The summed E-state index contributed by atoms with van der Waals surface area (Å²) in [7, 11) is -5.46. The topological polar surface area (TPSA) is 83.6 Å². The third kappa shape index (κ3) is 4.58. The first-order valence-corrected chi connectivity index (χ1v) is 10.2. The molecule has 0 bridgehead atoms. The standard InChI is InChI=1S/C19H17F3N2O4S/c20-19(21,22)29(27,28)16-8-6-14(7-9-16)18(26)23-15-4-1-3-13(11-15)12-24-10-2-5-17(24)25/h1,3-4,6-9,11H,2,5,10,12H2,(H,23,26). The normalized spacial score (nSPS) is 14.9. The number of halogens is 3. The van der Waals surface area contributed by atoms with Gasteiger partial charge in [-0.2, -0.15) is 13.2 Å². The fourth-order valence-electron chi connectivity index (χ4n) is 2.96. The third-order valence-electron chi connectivity index (χ3n) is 4.46. The number of nitrogens with zero attached hydrogens (tertiary/aromatic N) is 1. The molecule has 1 aliphatic heterocycles. The number of carbonyl (C=O) groups excluding carboxylic acids is 2. The van der Waals surface area contributed by atoms with Gasteiger partial charge in [0.05, 0.1) is 4.90 Å². The molecule has 2 aromatic rings. The van der Waals surface area contributed by atoms with Crippen molar-refractivity contribution in [3.05, 3.63) is 59.7 Å². The summed E-state index contributed by atoms with van der Waals surface area (Å²) in [6, 6.07) is 10.4. The highest BCUT2D eigenvalue weighted by atomic mass is 32.2. The zero-order chi connectivity index (χ0) is 21.2. The van der Waals surface area contributed by atoms with Crippen molar-refractivity contribution in [2.75, 3.05) is 11.9 Å². The van der Waals surface area contributed by atoms with Crippen LogP contribution in [0, 0.1) is 0 Å². The van der Waals surface area contributed by atoms with Gasteiger partial charge in [-0.25, -0.2) is 8.42 Å².